The molecule has 2 fully saturated rings. The van der Waals surface area contributed by atoms with Gasteiger partial charge in [-0.15, -0.1) is 0 Å². The molecular formula is C8H16N2. The molecule has 0 saturated carbocycles. The number of likely N-dealkylation sites (tertiary alicyclic amines) is 1. The molecule has 2 heterocycles. The molecule has 2 saturated heterocycles. The minimum Gasteiger partial charge on any atom is -0.302 e. The summed E-state index contributed by atoms with van der Waals surface area (Å²) in [6, 6.07) is 0. The first-order chi connectivity index (χ1) is 4.88. The third kappa shape index (κ3) is 0.956. The number of nitrogens with zero attached hydrogens (tertiary/aromatic N) is 1. The molecule has 0 aromatic heterocycles. The Morgan fingerprint density at radius 1 is 1.40 bits per heavy atom. The van der Waals surface area contributed by atoms with Crippen molar-refractivity contribution in [3.05, 3.63) is 0 Å². The minimum absolute atomic E-state index is 0.716. The molecule has 2 nitrogen and oxygen atoms in total. The Morgan fingerprint density at radius 2 is 2.30 bits per heavy atom. The molecule has 2 aliphatic heterocycles. The number of fused-ring (bicyclic) bond motifs is 1. The molecule has 0 spiro atoms. The molecule has 58 valence electrons. The van der Waals surface area contributed by atoms with Crippen molar-refractivity contribution in [1.29, 1.82) is 0 Å². The van der Waals surface area contributed by atoms with Gasteiger partial charge in [0.15, 0.2) is 0 Å². The summed E-state index contributed by atoms with van der Waals surface area (Å²) in [6.45, 7) is 2.52. The molecule has 0 bridgehead atoms. The Bertz CT molecular complexity index is 122. The lowest BCUT2D eigenvalue weighted by molar-refractivity contribution is 0.190. The molecule has 0 aromatic rings. The van der Waals surface area contributed by atoms with E-state index >= 15 is 0 Å². The Balaban J connectivity index is 2.01. The van der Waals surface area contributed by atoms with Crippen LogP contribution in [0.2, 0.25) is 0 Å². The largest absolute Gasteiger partial charge is 0.302 e. The van der Waals surface area contributed by atoms with Crippen LogP contribution in [0.4, 0.5) is 0 Å². The van der Waals surface area contributed by atoms with E-state index in [0.717, 1.165) is 5.92 Å². The van der Waals surface area contributed by atoms with Crippen molar-refractivity contribution in [3.63, 3.8) is 0 Å². The monoisotopic (exact) mass is 140 g/mol. The Labute approximate surface area is 62.6 Å². The fraction of sp³-hybridized carbons (Fsp3) is 1.00. The zero-order valence-electron chi connectivity index (χ0n) is 6.64. The van der Waals surface area contributed by atoms with E-state index in [4.69, 9.17) is 0 Å². The van der Waals surface area contributed by atoms with Crippen LogP contribution < -0.4 is 5.32 Å². The van der Waals surface area contributed by atoms with E-state index in [-0.39, 0.29) is 0 Å². The summed E-state index contributed by atoms with van der Waals surface area (Å²) in [5, 5.41) is 3.56. The van der Waals surface area contributed by atoms with E-state index in [1.807, 2.05) is 0 Å². The molecule has 2 rings (SSSR count). The highest BCUT2D eigenvalue weighted by Crippen LogP contribution is 2.27. The lowest BCUT2D eigenvalue weighted by Crippen LogP contribution is -2.46. The van der Waals surface area contributed by atoms with Crippen LogP contribution in [0.3, 0.4) is 0 Å². The average molecular weight is 140 g/mol. The summed E-state index contributed by atoms with van der Waals surface area (Å²) in [5.41, 5.74) is 0. The van der Waals surface area contributed by atoms with Gasteiger partial charge in [0.2, 0.25) is 0 Å². The van der Waals surface area contributed by atoms with Crippen molar-refractivity contribution in [3.8, 4) is 0 Å². The second-order valence-electron chi connectivity index (χ2n) is 3.57. The smallest absolute Gasteiger partial charge is 0.0624 e. The summed E-state index contributed by atoms with van der Waals surface area (Å²) in [4.78, 5) is 2.45. The fourth-order valence-corrected chi connectivity index (χ4v) is 2.27. The first-order valence-corrected chi connectivity index (χ1v) is 4.31. The number of piperidine rings is 1. The Hall–Kier alpha value is -0.0800. The number of rotatable bonds is 0. The first kappa shape index (κ1) is 6.62. The van der Waals surface area contributed by atoms with Gasteiger partial charge in [0.1, 0.15) is 0 Å². The van der Waals surface area contributed by atoms with Gasteiger partial charge in [-0.05, 0) is 45.3 Å². The van der Waals surface area contributed by atoms with Crippen LogP contribution in [0.5, 0.6) is 0 Å². The molecule has 2 atom stereocenters. The van der Waals surface area contributed by atoms with Gasteiger partial charge in [-0.3, -0.25) is 4.90 Å². The number of hydrogen-bond donors (Lipinski definition) is 1. The van der Waals surface area contributed by atoms with Crippen molar-refractivity contribution >= 4 is 0 Å². The van der Waals surface area contributed by atoms with Gasteiger partial charge in [-0.1, -0.05) is 0 Å². The molecule has 0 aliphatic carbocycles. The maximum Gasteiger partial charge on any atom is 0.0624 e. The second kappa shape index (κ2) is 2.51. The van der Waals surface area contributed by atoms with Crippen molar-refractivity contribution < 1.29 is 0 Å². The topological polar surface area (TPSA) is 15.3 Å². The third-order valence-electron chi connectivity index (χ3n) is 2.88. The first-order valence-electron chi connectivity index (χ1n) is 4.31. The zero-order valence-corrected chi connectivity index (χ0v) is 6.64. The zero-order chi connectivity index (χ0) is 6.97. The number of nitrogens with one attached hydrogen (secondary N) is 1. The lowest BCUT2D eigenvalue weighted by Gasteiger charge is -2.30. The summed E-state index contributed by atoms with van der Waals surface area (Å²) in [6.07, 6.45) is 4.96. The quantitative estimate of drug-likeness (QED) is 0.531. The van der Waals surface area contributed by atoms with Crippen LogP contribution in [0, 0.1) is 5.92 Å². The van der Waals surface area contributed by atoms with E-state index < -0.39 is 0 Å². The summed E-state index contributed by atoms with van der Waals surface area (Å²) < 4.78 is 0. The van der Waals surface area contributed by atoms with Crippen LogP contribution in [-0.2, 0) is 0 Å². The van der Waals surface area contributed by atoms with Crippen LogP contribution in [0.25, 0.3) is 0 Å². The minimum atomic E-state index is 0.716. The van der Waals surface area contributed by atoms with Crippen molar-refractivity contribution in [2.75, 3.05) is 20.1 Å². The summed E-state index contributed by atoms with van der Waals surface area (Å²) >= 11 is 0. The van der Waals surface area contributed by atoms with Crippen LogP contribution in [0.15, 0.2) is 0 Å². The molecule has 2 heteroatoms. The van der Waals surface area contributed by atoms with Gasteiger partial charge >= 0.3 is 0 Å². The van der Waals surface area contributed by atoms with Crippen LogP contribution in [-0.4, -0.2) is 31.2 Å². The van der Waals surface area contributed by atoms with E-state index in [9.17, 15) is 0 Å². The molecular weight excluding hydrogens is 124 g/mol. The maximum atomic E-state index is 3.56. The second-order valence-corrected chi connectivity index (χ2v) is 3.57. The van der Waals surface area contributed by atoms with E-state index in [2.05, 4.69) is 17.3 Å². The average Bonchev–Trinajstić information content (AvgIpc) is 2.34. The van der Waals surface area contributed by atoms with Gasteiger partial charge in [0.05, 0.1) is 6.17 Å². The van der Waals surface area contributed by atoms with Gasteiger partial charge in [0, 0.05) is 0 Å². The van der Waals surface area contributed by atoms with Gasteiger partial charge in [-0.2, -0.15) is 0 Å². The molecule has 10 heavy (non-hydrogen) atoms. The van der Waals surface area contributed by atoms with Crippen molar-refractivity contribution in [2.45, 2.75) is 25.4 Å². The van der Waals surface area contributed by atoms with Gasteiger partial charge < -0.3 is 5.32 Å². The summed E-state index contributed by atoms with van der Waals surface area (Å²) in [7, 11) is 2.23. The molecule has 0 amide bonds. The number of hydrogen-bond acceptors (Lipinski definition) is 2. The molecule has 2 unspecified atom stereocenters. The van der Waals surface area contributed by atoms with E-state index in [1.54, 1.807) is 0 Å². The van der Waals surface area contributed by atoms with Crippen molar-refractivity contribution in [2.24, 2.45) is 5.92 Å². The highest BCUT2D eigenvalue weighted by molar-refractivity contribution is 4.86. The summed E-state index contributed by atoms with van der Waals surface area (Å²) in [5.74, 6) is 0.957. The third-order valence-corrected chi connectivity index (χ3v) is 2.88. The molecule has 0 radical (unpaired) electrons. The Morgan fingerprint density at radius 3 is 3.10 bits per heavy atom. The molecule has 2 aliphatic rings. The van der Waals surface area contributed by atoms with Crippen molar-refractivity contribution in [1.82, 2.24) is 10.2 Å². The van der Waals surface area contributed by atoms with E-state index in [0.29, 0.717) is 6.17 Å². The molecule has 1 N–H and O–H groups in total. The predicted molar refractivity (Wildman–Crippen MR) is 41.8 cm³/mol. The lowest BCUT2D eigenvalue weighted by atomic mass is 9.96. The molecule has 0 aromatic carbocycles. The van der Waals surface area contributed by atoms with Gasteiger partial charge in [0.25, 0.3) is 0 Å². The van der Waals surface area contributed by atoms with Crippen LogP contribution >= 0.6 is 0 Å². The highest BCUT2D eigenvalue weighted by Gasteiger charge is 2.32. The standard InChI is InChI=1S/C8H16N2/c1-10-6-4-7-3-2-5-9-8(7)10/h7-9H,2-6H2,1H3. The fourth-order valence-electron chi connectivity index (χ4n) is 2.27. The highest BCUT2D eigenvalue weighted by atomic mass is 15.3. The normalized spacial score (nSPS) is 41.7. The Kier molecular flexibility index (Phi) is 1.66. The predicted octanol–water partition coefficient (Wildman–Crippen LogP) is 0.648. The van der Waals surface area contributed by atoms with Gasteiger partial charge in [-0.25, -0.2) is 0 Å². The van der Waals surface area contributed by atoms with E-state index in [1.165, 1.54) is 32.4 Å². The SMILES string of the molecule is CN1CCC2CCCNC21. The maximum absolute atomic E-state index is 3.56. The van der Waals surface area contributed by atoms with Crippen LogP contribution in [0.1, 0.15) is 19.3 Å².